The summed E-state index contributed by atoms with van der Waals surface area (Å²) in [5.74, 6) is 0.252. The summed E-state index contributed by atoms with van der Waals surface area (Å²) in [5, 5.41) is 4.29. The van der Waals surface area contributed by atoms with Crippen LogP contribution in [0.4, 0.5) is 0 Å². The molecule has 0 saturated carbocycles. The molecule has 118 valence electrons. The van der Waals surface area contributed by atoms with E-state index in [1.165, 1.54) is 7.11 Å². The van der Waals surface area contributed by atoms with Gasteiger partial charge in [0.05, 0.1) is 12.1 Å². The number of hydrogen-bond acceptors (Lipinski definition) is 5. The summed E-state index contributed by atoms with van der Waals surface area (Å²) in [7, 11) is 1.52. The third-order valence-corrected chi connectivity index (χ3v) is 4.06. The highest BCUT2D eigenvalue weighted by Gasteiger charge is 2.13. The molecule has 0 fully saturated rings. The van der Waals surface area contributed by atoms with E-state index in [1.807, 2.05) is 6.07 Å². The van der Waals surface area contributed by atoms with Gasteiger partial charge < -0.3 is 20.5 Å². The van der Waals surface area contributed by atoms with E-state index < -0.39 is 5.91 Å². The third kappa shape index (κ3) is 6.03. The van der Waals surface area contributed by atoms with E-state index >= 15 is 0 Å². The molecule has 21 heavy (non-hydrogen) atoms. The fourth-order valence-electron chi connectivity index (χ4n) is 1.66. The molecule has 0 aliphatic heterocycles. The fraction of sp³-hybridized carbons (Fsp3) is 0.500. The first-order chi connectivity index (χ1) is 9.97. The summed E-state index contributed by atoms with van der Waals surface area (Å²) in [6, 6.07) is 3.62. The van der Waals surface area contributed by atoms with Gasteiger partial charge in [0.1, 0.15) is 0 Å². The van der Waals surface area contributed by atoms with Crippen LogP contribution in [-0.4, -0.2) is 37.7 Å². The van der Waals surface area contributed by atoms with Crippen LogP contribution >= 0.6 is 23.4 Å². The average Bonchev–Trinajstić information content (AvgIpc) is 2.45. The SMILES string of the molecule is COc1cc(CNCC(C)SC)cc(Cl)c1OCC(N)=O. The molecular formula is C14H21ClN2O3S. The molecule has 0 spiro atoms. The van der Waals surface area contributed by atoms with E-state index in [0.29, 0.717) is 28.3 Å². The maximum atomic E-state index is 10.8. The molecule has 1 amide bonds. The molecule has 7 heteroatoms. The Labute approximate surface area is 134 Å². The molecule has 0 aromatic heterocycles. The van der Waals surface area contributed by atoms with Gasteiger partial charge in [-0.15, -0.1) is 0 Å². The Morgan fingerprint density at radius 1 is 1.52 bits per heavy atom. The molecule has 0 aliphatic carbocycles. The van der Waals surface area contributed by atoms with Gasteiger partial charge in [-0.1, -0.05) is 18.5 Å². The molecule has 0 aliphatic rings. The number of amides is 1. The van der Waals surface area contributed by atoms with E-state index in [2.05, 4.69) is 18.5 Å². The second-order valence-corrected chi connectivity index (χ2v) is 6.22. The summed E-state index contributed by atoms with van der Waals surface area (Å²) >= 11 is 7.98. The molecule has 0 bridgehead atoms. The van der Waals surface area contributed by atoms with Crippen LogP contribution < -0.4 is 20.5 Å². The van der Waals surface area contributed by atoms with Crippen LogP contribution in [0, 0.1) is 0 Å². The van der Waals surface area contributed by atoms with Crippen LogP contribution in [0.25, 0.3) is 0 Å². The molecular weight excluding hydrogens is 312 g/mol. The lowest BCUT2D eigenvalue weighted by atomic mass is 10.2. The number of carbonyl (C=O) groups is 1. The van der Waals surface area contributed by atoms with Crippen LogP contribution in [0.2, 0.25) is 5.02 Å². The standard InChI is InChI=1S/C14H21ClN2O3S/c1-9(21-3)6-17-7-10-4-11(15)14(12(5-10)19-2)20-8-13(16)18/h4-5,9,17H,6-8H2,1-3H3,(H2,16,18). The summed E-state index contributed by atoms with van der Waals surface area (Å²) in [6.45, 7) is 3.50. The van der Waals surface area contributed by atoms with Gasteiger partial charge in [-0.25, -0.2) is 0 Å². The maximum Gasteiger partial charge on any atom is 0.255 e. The van der Waals surface area contributed by atoms with Crippen LogP contribution in [0.15, 0.2) is 12.1 Å². The van der Waals surface area contributed by atoms with Crippen molar-refractivity contribution in [1.82, 2.24) is 5.32 Å². The molecule has 1 rings (SSSR count). The van der Waals surface area contributed by atoms with Crippen LogP contribution in [-0.2, 0) is 11.3 Å². The second kappa shape index (κ2) is 9.02. The predicted octanol–water partition coefficient (Wildman–Crippen LogP) is 2.05. The topological polar surface area (TPSA) is 73.6 Å². The Bertz CT molecular complexity index is 486. The van der Waals surface area contributed by atoms with Crippen molar-refractivity contribution >= 4 is 29.3 Å². The van der Waals surface area contributed by atoms with Gasteiger partial charge >= 0.3 is 0 Å². The van der Waals surface area contributed by atoms with E-state index in [-0.39, 0.29) is 6.61 Å². The quantitative estimate of drug-likeness (QED) is 0.724. The largest absolute Gasteiger partial charge is 0.493 e. The number of halogens is 1. The van der Waals surface area contributed by atoms with Crippen molar-refractivity contribution in [3.05, 3.63) is 22.7 Å². The minimum atomic E-state index is -0.565. The molecule has 0 radical (unpaired) electrons. The molecule has 1 aromatic carbocycles. The molecule has 3 N–H and O–H groups in total. The van der Waals surface area contributed by atoms with Crippen molar-refractivity contribution in [2.75, 3.05) is 26.5 Å². The molecule has 1 atom stereocenters. The normalized spacial score (nSPS) is 12.0. The van der Waals surface area contributed by atoms with E-state index in [9.17, 15) is 4.79 Å². The van der Waals surface area contributed by atoms with Gasteiger partial charge in [0.25, 0.3) is 5.91 Å². The van der Waals surface area contributed by atoms with Gasteiger partial charge in [-0.3, -0.25) is 4.79 Å². The number of ether oxygens (including phenoxy) is 2. The monoisotopic (exact) mass is 332 g/mol. The minimum Gasteiger partial charge on any atom is -0.493 e. The second-order valence-electron chi connectivity index (χ2n) is 4.54. The van der Waals surface area contributed by atoms with Gasteiger partial charge in [-0.05, 0) is 24.0 Å². The highest BCUT2D eigenvalue weighted by molar-refractivity contribution is 7.99. The first-order valence-electron chi connectivity index (χ1n) is 6.49. The zero-order chi connectivity index (χ0) is 15.8. The Balaban J connectivity index is 2.75. The van der Waals surface area contributed by atoms with Gasteiger partial charge in [0, 0.05) is 18.3 Å². The van der Waals surface area contributed by atoms with Crippen molar-refractivity contribution < 1.29 is 14.3 Å². The van der Waals surface area contributed by atoms with Crippen LogP contribution in [0.5, 0.6) is 11.5 Å². The van der Waals surface area contributed by atoms with E-state index in [0.717, 1.165) is 12.1 Å². The lowest BCUT2D eigenvalue weighted by Gasteiger charge is -2.14. The Kier molecular flexibility index (Phi) is 7.71. The Morgan fingerprint density at radius 3 is 2.81 bits per heavy atom. The smallest absolute Gasteiger partial charge is 0.255 e. The van der Waals surface area contributed by atoms with Crippen LogP contribution in [0.3, 0.4) is 0 Å². The minimum absolute atomic E-state index is 0.237. The summed E-state index contributed by atoms with van der Waals surface area (Å²) in [4.78, 5) is 10.8. The van der Waals surface area contributed by atoms with Crippen molar-refractivity contribution in [2.45, 2.75) is 18.7 Å². The highest BCUT2D eigenvalue weighted by Crippen LogP contribution is 2.36. The number of nitrogens with one attached hydrogen (secondary N) is 1. The van der Waals surface area contributed by atoms with E-state index in [4.69, 9.17) is 26.8 Å². The van der Waals surface area contributed by atoms with E-state index in [1.54, 1.807) is 17.8 Å². The van der Waals surface area contributed by atoms with Crippen LogP contribution in [0.1, 0.15) is 12.5 Å². The van der Waals surface area contributed by atoms with Crippen molar-refractivity contribution in [3.8, 4) is 11.5 Å². The highest BCUT2D eigenvalue weighted by atomic mass is 35.5. The van der Waals surface area contributed by atoms with Gasteiger partial charge in [0.2, 0.25) is 0 Å². The number of nitrogens with two attached hydrogens (primary N) is 1. The first-order valence-corrected chi connectivity index (χ1v) is 8.15. The molecule has 0 heterocycles. The molecule has 1 unspecified atom stereocenters. The number of rotatable bonds is 9. The summed E-state index contributed by atoms with van der Waals surface area (Å²) < 4.78 is 10.5. The Morgan fingerprint density at radius 2 is 2.24 bits per heavy atom. The molecule has 5 nitrogen and oxygen atoms in total. The Hall–Kier alpha value is -1.11. The first kappa shape index (κ1) is 17.9. The van der Waals surface area contributed by atoms with Gasteiger partial charge in [0.15, 0.2) is 18.1 Å². The zero-order valence-electron chi connectivity index (χ0n) is 12.4. The van der Waals surface area contributed by atoms with Crippen molar-refractivity contribution in [2.24, 2.45) is 5.73 Å². The third-order valence-electron chi connectivity index (χ3n) is 2.81. The molecule has 0 saturated heterocycles. The summed E-state index contributed by atoms with van der Waals surface area (Å²) in [5.41, 5.74) is 6.04. The number of thioether (sulfide) groups is 1. The van der Waals surface area contributed by atoms with Crippen molar-refractivity contribution in [3.63, 3.8) is 0 Å². The predicted molar refractivity (Wildman–Crippen MR) is 87.4 cm³/mol. The zero-order valence-corrected chi connectivity index (χ0v) is 14.0. The lowest BCUT2D eigenvalue weighted by Crippen LogP contribution is -2.22. The number of benzene rings is 1. The summed E-state index contributed by atoms with van der Waals surface area (Å²) in [6.07, 6.45) is 2.08. The van der Waals surface area contributed by atoms with Gasteiger partial charge in [-0.2, -0.15) is 11.8 Å². The number of carbonyl (C=O) groups excluding carboxylic acids is 1. The lowest BCUT2D eigenvalue weighted by molar-refractivity contribution is -0.119. The fourth-order valence-corrected chi connectivity index (χ4v) is 2.23. The number of methoxy groups -OCH3 is 1. The average molecular weight is 333 g/mol. The molecule has 1 aromatic rings. The maximum absolute atomic E-state index is 10.8. The number of primary amides is 1. The van der Waals surface area contributed by atoms with Crippen molar-refractivity contribution in [1.29, 1.82) is 0 Å². The number of hydrogen-bond donors (Lipinski definition) is 2.